The van der Waals surface area contributed by atoms with Gasteiger partial charge in [0.05, 0.1) is 0 Å². The molecule has 0 spiro atoms. The van der Waals surface area contributed by atoms with Crippen molar-refractivity contribution in [2.24, 2.45) is 5.92 Å². The van der Waals surface area contributed by atoms with Crippen LogP contribution in [0.25, 0.3) is 0 Å². The summed E-state index contributed by atoms with van der Waals surface area (Å²) in [4.78, 5) is 2.39. The summed E-state index contributed by atoms with van der Waals surface area (Å²) in [6.45, 7) is 2.89. The highest BCUT2D eigenvalue weighted by atomic mass is 19.1. The van der Waals surface area contributed by atoms with Crippen LogP contribution in [0.5, 0.6) is 5.75 Å². The van der Waals surface area contributed by atoms with Gasteiger partial charge in [0.1, 0.15) is 23.5 Å². The number of hydrogen-bond donors (Lipinski definition) is 0. The third-order valence-corrected chi connectivity index (χ3v) is 4.30. The molecule has 1 heterocycles. The number of ether oxygens (including phenoxy) is 1. The van der Waals surface area contributed by atoms with Crippen LogP contribution in [-0.4, -0.2) is 30.6 Å². The van der Waals surface area contributed by atoms with E-state index in [9.17, 15) is 8.78 Å². The number of likely N-dealkylation sites (tertiary alicyclic amines) is 1. The van der Waals surface area contributed by atoms with E-state index >= 15 is 0 Å². The smallest absolute Gasteiger partial charge is 0.129 e. The van der Waals surface area contributed by atoms with E-state index in [4.69, 9.17) is 4.74 Å². The minimum atomic E-state index is -0.585. The van der Waals surface area contributed by atoms with E-state index in [-0.39, 0.29) is 6.10 Å². The Hall–Kier alpha value is -1.16. The predicted molar refractivity (Wildman–Crippen MR) is 73.8 cm³/mol. The van der Waals surface area contributed by atoms with Crippen LogP contribution in [0.15, 0.2) is 18.2 Å². The highest BCUT2D eigenvalue weighted by Gasteiger charge is 2.30. The molecule has 2 aliphatic rings. The van der Waals surface area contributed by atoms with Gasteiger partial charge in [-0.3, -0.25) is 4.90 Å². The Morgan fingerprint density at radius 1 is 1.00 bits per heavy atom. The van der Waals surface area contributed by atoms with Crippen molar-refractivity contribution in [2.45, 2.75) is 38.2 Å². The lowest BCUT2D eigenvalue weighted by atomic mass is 9.88. The average molecular weight is 281 g/mol. The van der Waals surface area contributed by atoms with E-state index in [2.05, 4.69) is 4.90 Å². The Labute approximate surface area is 118 Å². The molecule has 1 aliphatic heterocycles. The second-order valence-electron chi connectivity index (χ2n) is 6.07. The first-order chi connectivity index (χ1) is 9.69. The molecule has 0 bridgehead atoms. The highest BCUT2D eigenvalue weighted by Crippen LogP contribution is 2.27. The second kappa shape index (κ2) is 6.08. The Balaban J connectivity index is 1.43. The number of halogens is 2. The van der Waals surface area contributed by atoms with E-state index < -0.39 is 11.6 Å². The van der Waals surface area contributed by atoms with Crippen LogP contribution in [-0.2, 0) is 0 Å². The molecule has 1 aromatic carbocycles. The maximum Gasteiger partial charge on any atom is 0.129 e. The van der Waals surface area contributed by atoms with Crippen molar-refractivity contribution in [1.82, 2.24) is 4.90 Å². The van der Waals surface area contributed by atoms with E-state index in [1.807, 2.05) is 0 Å². The molecular weight excluding hydrogens is 260 g/mol. The van der Waals surface area contributed by atoms with Crippen LogP contribution in [0.1, 0.15) is 32.1 Å². The number of hydrogen-bond acceptors (Lipinski definition) is 2. The van der Waals surface area contributed by atoms with Crippen molar-refractivity contribution in [3.63, 3.8) is 0 Å². The minimum absolute atomic E-state index is 0.0693. The first-order valence-corrected chi connectivity index (χ1v) is 7.54. The van der Waals surface area contributed by atoms with Gasteiger partial charge in [0.15, 0.2) is 0 Å². The molecule has 20 heavy (non-hydrogen) atoms. The fraction of sp³-hybridized carbons (Fsp3) is 0.625. The molecule has 1 saturated carbocycles. The summed E-state index contributed by atoms with van der Waals surface area (Å²) in [6, 6.07) is 3.35. The molecule has 0 amide bonds. The number of rotatable bonds is 4. The van der Waals surface area contributed by atoms with Crippen LogP contribution in [0.2, 0.25) is 0 Å². The molecule has 2 nitrogen and oxygen atoms in total. The Kier molecular flexibility index (Phi) is 4.20. The lowest BCUT2D eigenvalue weighted by molar-refractivity contribution is 0.00639. The molecule has 0 N–H and O–H groups in total. The summed E-state index contributed by atoms with van der Waals surface area (Å²) in [7, 11) is 0. The normalized spacial score (nSPS) is 21.7. The van der Waals surface area contributed by atoms with Gasteiger partial charge in [0, 0.05) is 37.8 Å². The van der Waals surface area contributed by atoms with Gasteiger partial charge in [0.25, 0.3) is 0 Å². The standard InChI is InChI=1S/C16H21F2NO/c17-13-6-14(18)8-15(7-13)20-16-10-19(11-16)9-12-4-2-1-3-5-12/h6-8,12,16H,1-5,9-11H2. The summed E-state index contributed by atoms with van der Waals surface area (Å²) in [5.41, 5.74) is 0. The van der Waals surface area contributed by atoms with Crippen molar-refractivity contribution < 1.29 is 13.5 Å². The van der Waals surface area contributed by atoms with Gasteiger partial charge in [-0.1, -0.05) is 19.3 Å². The molecule has 0 unspecified atom stereocenters. The Morgan fingerprint density at radius 2 is 1.65 bits per heavy atom. The molecule has 0 atom stereocenters. The zero-order valence-electron chi connectivity index (χ0n) is 11.7. The summed E-state index contributed by atoms with van der Waals surface area (Å²) in [6.07, 6.45) is 6.86. The van der Waals surface area contributed by atoms with Crippen LogP contribution in [0.3, 0.4) is 0 Å². The van der Waals surface area contributed by atoms with E-state index in [0.717, 1.165) is 31.6 Å². The molecule has 1 aliphatic carbocycles. The first kappa shape index (κ1) is 13.8. The summed E-state index contributed by atoms with van der Waals surface area (Å²) >= 11 is 0. The molecule has 1 saturated heterocycles. The lowest BCUT2D eigenvalue weighted by Crippen LogP contribution is -2.55. The average Bonchev–Trinajstić information content (AvgIpc) is 2.36. The monoisotopic (exact) mass is 281 g/mol. The fourth-order valence-electron chi connectivity index (χ4n) is 3.27. The molecule has 110 valence electrons. The SMILES string of the molecule is Fc1cc(F)cc(OC2CN(CC3CCCCC3)C2)c1. The van der Waals surface area contributed by atoms with Crippen molar-refractivity contribution in [2.75, 3.05) is 19.6 Å². The molecule has 4 heteroatoms. The van der Waals surface area contributed by atoms with Crippen molar-refractivity contribution >= 4 is 0 Å². The predicted octanol–water partition coefficient (Wildman–Crippen LogP) is 3.61. The van der Waals surface area contributed by atoms with Crippen LogP contribution in [0, 0.1) is 17.6 Å². The molecule has 1 aromatic rings. The fourth-order valence-corrected chi connectivity index (χ4v) is 3.27. The summed E-state index contributed by atoms with van der Waals surface area (Å²) in [5, 5.41) is 0. The van der Waals surface area contributed by atoms with Crippen molar-refractivity contribution in [3.8, 4) is 5.75 Å². The molecule has 2 fully saturated rings. The molecule has 3 rings (SSSR count). The van der Waals surface area contributed by atoms with Crippen LogP contribution < -0.4 is 4.74 Å². The van der Waals surface area contributed by atoms with E-state index in [1.54, 1.807) is 0 Å². The summed E-state index contributed by atoms with van der Waals surface area (Å²) in [5.74, 6) is -0.0436. The van der Waals surface area contributed by atoms with Crippen LogP contribution in [0.4, 0.5) is 8.78 Å². The Bertz CT molecular complexity index is 434. The third kappa shape index (κ3) is 3.48. The quantitative estimate of drug-likeness (QED) is 0.836. The zero-order chi connectivity index (χ0) is 13.9. The van der Waals surface area contributed by atoms with E-state index in [0.29, 0.717) is 5.75 Å². The topological polar surface area (TPSA) is 12.5 Å². The molecular formula is C16H21F2NO. The number of benzene rings is 1. The van der Waals surface area contributed by atoms with Crippen molar-refractivity contribution in [3.05, 3.63) is 29.8 Å². The first-order valence-electron chi connectivity index (χ1n) is 7.54. The Morgan fingerprint density at radius 3 is 2.30 bits per heavy atom. The minimum Gasteiger partial charge on any atom is -0.488 e. The maximum absolute atomic E-state index is 13.1. The molecule has 0 radical (unpaired) electrons. The second-order valence-corrected chi connectivity index (χ2v) is 6.07. The van der Waals surface area contributed by atoms with Gasteiger partial charge >= 0.3 is 0 Å². The van der Waals surface area contributed by atoms with E-state index in [1.165, 1.54) is 44.2 Å². The van der Waals surface area contributed by atoms with Gasteiger partial charge in [-0.05, 0) is 18.8 Å². The number of nitrogens with zero attached hydrogens (tertiary/aromatic N) is 1. The summed E-state index contributed by atoms with van der Waals surface area (Å²) < 4.78 is 31.7. The van der Waals surface area contributed by atoms with Gasteiger partial charge in [-0.15, -0.1) is 0 Å². The highest BCUT2D eigenvalue weighted by molar-refractivity contribution is 5.24. The lowest BCUT2D eigenvalue weighted by Gasteiger charge is -2.41. The maximum atomic E-state index is 13.1. The van der Waals surface area contributed by atoms with Gasteiger partial charge in [-0.2, -0.15) is 0 Å². The zero-order valence-corrected chi connectivity index (χ0v) is 11.7. The van der Waals surface area contributed by atoms with Crippen LogP contribution >= 0.6 is 0 Å². The third-order valence-electron chi connectivity index (χ3n) is 4.30. The van der Waals surface area contributed by atoms with Crippen molar-refractivity contribution in [1.29, 1.82) is 0 Å². The largest absolute Gasteiger partial charge is 0.488 e. The van der Waals surface area contributed by atoms with Gasteiger partial charge < -0.3 is 4.74 Å². The molecule has 0 aromatic heterocycles. The van der Waals surface area contributed by atoms with Gasteiger partial charge in [-0.25, -0.2) is 8.78 Å². The van der Waals surface area contributed by atoms with Gasteiger partial charge in [0.2, 0.25) is 0 Å².